The number of rotatable bonds is 7. The van der Waals surface area contributed by atoms with Crippen molar-refractivity contribution in [2.24, 2.45) is 0 Å². The summed E-state index contributed by atoms with van der Waals surface area (Å²) in [5.74, 6) is 0.498. The molecule has 0 spiro atoms. The summed E-state index contributed by atoms with van der Waals surface area (Å²) in [4.78, 5) is 29.4. The Bertz CT molecular complexity index is 1510. The molecule has 4 aromatic rings. The van der Waals surface area contributed by atoms with E-state index in [4.69, 9.17) is 14.5 Å². The molecule has 1 aliphatic rings. The Morgan fingerprint density at radius 2 is 1.71 bits per heavy atom. The first-order chi connectivity index (χ1) is 18.3. The Morgan fingerprint density at radius 3 is 2.37 bits per heavy atom. The predicted molar refractivity (Wildman–Crippen MR) is 144 cm³/mol. The maximum atomic E-state index is 14.2. The topological polar surface area (TPSA) is 103 Å². The SMILES string of the molecule is COc1ncc(-c2nc3c(n2C(C)CO)C(c2ccc(C)cc2)N(c2cc(C)ccc2C)C3=O)c(OC)n1. The lowest BCUT2D eigenvalue weighted by atomic mass is 10.0. The molecule has 2 unspecified atom stereocenters. The summed E-state index contributed by atoms with van der Waals surface area (Å²) in [6.07, 6.45) is 1.57. The summed E-state index contributed by atoms with van der Waals surface area (Å²) in [7, 11) is 2.98. The summed E-state index contributed by atoms with van der Waals surface area (Å²) in [6.45, 7) is 7.77. The van der Waals surface area contributed by atoms with E-state index in [9.17, 15) is 9.90 Å². The quantitative estimate of drug-likeness (QED) is 0.386. The molecule has 9 heteroatoms. The van der Waals surface area contributed by atoms with Crippen LogP contribution in [0.15, 0.2) is 48.7 Å². The molecule has 9 nitrogen and oxygen atoms in total. The third kappa shape index (κ3) is 4.09. The lowest BCUT2D eigenvalue weighted by Gasteiger charge is -2.30. The molecule has 0 fully saturated rings. The number of nitrogens with zero attached hydrogens (tertiary/aromatic N) is 5. The van der Waals surface area contributed by atoms with E-state index in [0.717, 1.165) is 27.9 Å². The van der Waals surface area contributed by atoms with Crippen molar-refractivity contribution < 1.29 is 19.4 Å². The number of amides is 1. The zero-order valence-corrected chi connectivity index (χ0v) is 22.4. The average molecular weight is 514 g/mol. The van der Waals surface area contributed by atoms with Crippen LogP contribution >= 0.6 is 0 Å². The van der Waals surface area contributed by atoms with E-state index in [2.05, 4.69) is 9.97 Å². The second-order valence-electron chi connectivity index (χ2n) is 9.63. The first kappa shape index (κ1) is 25.4. The predicted octanol–water partition coefficient (Wildman–Crippen LogP) is 4.59. The number of benzene rings is 2. The highest BCUT2D eigenvalue weighted by Gasteiger charge is 2.45. The van der Waals surface area contributed by atoms with Gasteiger partial charge in [-0.05, 0) is 50.5 Å². The molecule has 2 aromatic heterocycles. The third-order valence-corrected chi connectivity index (χ3v) is 6.96. The van der Waals surface area contributed by atoms with Crippen LogP contribution < -0.4 is 14.4 Å². The zero-order valence-electron chi connectivity index (χ0n) is 22.4. The van der Waals surface area contributed by atoms with Gasteiger partial charge in [0.1, 0.15) is 11.9 Å². The fourth-order valence-electron chi connectivity index (χ4n) is 4.98. The van der Waals surface area contributed by atoms with Crippen molar-refractivity contribution in [2.75, 3.05) is 25.7 Å². The second kappa shape index (κ2) is 9.90. The highest BCUT2D eigenvalue weighted by molar-refractivity contribution is 6.11. The van der Waals surface area contributed by atoms with Gasteiger partial charge < -0.3 is 19.1 Å². The molecule has 0 aliphatic carbocycles. The molecule has 0 saturated heterocycles. The molecular formula is C29H31N5O4. The van der Waals surface area contributed by atoms with E-state index in [-0.39, 0.29) is 24.4 Å². The summed E-state index contributed by atoms with van der Waals surface area (Å²) in [5, 5.41) is 10.3. The summed E-state index contributed by atoms with van der Waals surface area (Å²) < 4.78 is 12.6. The number of fused-ring (bicyclic) bond motifs is 1. The standard InChI is InChI=1S/C29H31N5O4/c1-16-8-11-20(12-9-16)24-25-23(28(36)34(24)22-13-17(2)7-10-18(22)3)31-26(33(25)19(4)15-35)21-14-30-29(38-6)32-27(21)37-5/h7-14,19,24,35H,15H2,1-6H3. The Kier molecular flexibility index (Phi) is 6.62. The lowest BCUT2D eigenvalue weighted by Crippen LogP contribution is -2.31. The van der Waals surface area contributed by atoms with Crippen LogP contribution in [0, 0.1) is 20.8 Å². The number of aliphatic hydroxyl groups is 1. The van der Waals surface area contributed by atoms with Crippen molar-refractivity contribution >= 4 is 11.6 Å². The van der Waals surface area contributed by atoms with Gasteiger partial charge in [0.05, 0.1) is 38.1 Å². The smallest absolute Gasteiger partial charge is 0.319 e. The molecule has 2 aromatic carbocycles. The second-order valence-corrected chi connectivity index (χ2v) is 9.63. The van der Waals surface area contributed by atoms with Crippen LogP contribution in [-0.2, 0) is 0 Å². The normalized spacial score (nSPS) is 15.5. The summed E-state index contributed by atoms with van der Waals surface area (Å²) in [5.41, 5.74) is 6.45. The number of ether oxygens (including phenoxy) is 2. The molecule has 1 N–H and O–H groups in total. The molecule has 38 heavy (non-hydrogen) atoms. The minimum atomic E-state index is -0.459. The molecule has 0 saturated carbocycles. The summed E-state index contributed by atoms with van der Waals surface area (Å²) >= 11 is 0. The van der Waals surface area contributed by atoms with Gasteiger partial charge in [-0.3, -0.25) is 9.69 Å². The van der Waals surface area contributed by atoms with Gasteiger partial charge >= 0.3 is 6.01 Å². The number of carbonyl (C=O) groups excluding carboxylic acids is 1. The first-order valence-corrected chi connectivity index (χ1v) is 12.4. The van der Waals surface area contributed by atoms with Crippen molar-refractivity contribution in [3.05, 3.63) is 82.3 Å². The van der Waals surface area contributed by atoms with E-state index in [0.29, 0.717) is 22.8 Å². The fourth-order valence-corrected chi connectivity index (χ4v) is 4.98. The van der Waals surface area contributed by atoms with Crippen molar-refractivity contribution in [3.8, 4) is 23.3 Å². The Morgan fingerprint density at radius 1 is 1.00 bits per heavy atom. The van der Waals surface area contributed by atoms with Crippen LogP contribution in [0.5, 0.6) is 11.9 Å². The number of hydrogen-bond donors (Lipinski definition) is 1. The lowest BCUT2D eigenvalue weighted by molar-refractivity contribution is 0.0989. The van der Waals surface area contributed by atoms with Crippen LogP contribution in [0.2, 0.25) is 0 Å². The van der Waals surface area contributed by atoms with Crippen LogP contribution in [0.3, 0.4) is 0 Å². The van der Waals surface area contributed by atoms with Crippen molar-refractivity contribution in [2.45, 2.75) is 39.8 Å². The molecule has 2 atom stereocenters. The number of imidazole rings is 1. The van der Waals surface area contributed by atoms with Crippen LogP contribution in [0.25, 0.3) is 11.4 Å². The molecule has 1 amide bonds. The highest BCUT2D eigenvalue weighted by atomic mass is 16.5. The maximum absolute atomic E-state index is 14.2. The van der Waals surface area contributed by atoms with Crippen LogP contribution in [-0.4, -0.2) is 51.4 Å². The number of carbonyl (C=O) groups is 1. The highest BCUT2D eigenvalue weighted by Crippen LogP contribution is 2.46. The number of hydrogen-bond acceptors (Lipinski definition) is 7. The van der Waals surface area contributed by atoms with Crippen LogP contribution in [0.1, 0.15) is 57.4 Å². The van der Waals surface area contributed by atoms with Gasteiger partial charge in [0, 0.05) is 11.9 Å². The number of aromatic nitrogens is 4. The van der Waals surface area contributed by atoms with Gasteiger partial charge in [-0.15, -0.1) is 0 Å². The monoisotopic (exact) mass is 513 g/mol. The maximum Gasteiger partial charge on any atom is 0.319 e. The molecule has 196 valence electrons. The number of methoxy groups -OCH3 is 2. The van der Waals surface area contributed by atoms with Gasteiger partial charge in [-0.25, -0.2) is 9.97 Å². The summed E-state index contributed by atoms with van der Waals surface area (Å²) in [6, 6.07) is 13.5. The van der Waals surface area contributed by atoms with Gasteiger partial charge in [0.25, 0.3) is 5.91 Å². The largest absolute Gasteiger partial charge is 0.480 e. The molecule has 0 bridgehead atoms. The van der Waals surface area contributed by atoms with E-state index in [1.54, 1.807) is 6.20 Å². The molecule has 5 rings (SSSR count). The van der Waals surface area contributed by atoms with E-state index in [1.165, 1.54) is 14.2 Å². The van der Waals surface area contributed by atoms with E-state index in [1.807, 2.05) is 79.6 Å². The molecule has 0 radical (unpaired) electrons. The van der Waals surface area contributed by atoms with Crippen LogP contribution in [0.4, 0.5) is 5.69 Å². The number of anilines is 1. The fraction of sp³-hybridized carbons (Fsp3) is 0.310. The van der Waals surface area contributed by atoms with Gasteiger partial charge in [0.2, 0.25) is 5.88 Å². The molecular weight excluding hydrogens is 482 g/mol. The van der Waals surface area contributed by atoms with Gasteiger partial charge in [0.15, 0.2) is 5.69 Å². The third-order valence-electron chi connectivity index (χ3n) is 6.96. The Hall–Kier alpha value is -4.24. The Labute approximate surface area is 221 Å². The zero-order chi connectivity index (χ0) is 27.1. The van der Waals surface area contributed by atoms with Gasteiger partial charge in [-0.2, -0.15) is 4.98 Å². The molecule has 3 heterocycles. The number of aryl methyl sites for hydroxylation is 3. The van der Waals surface area contributed by atoms with E-state index >= 15 is 0 Å². The van der Waals surface area contributed by atoms with Crippen molar-refractivity contribution in [3.63, 3.8) is 0 Å². The minimum absolute atomic E-state index is 0.154. The van der Waals surface area contributed by atoms with E-state index < -0.39 is 12.1 Å². The Balaban J connectivity index is 1.80. The minimum Gasteiger partial charge on any atom is -0.480 e. The van der Waals surface area contributed by atoms with Gasteiger partial charge in [-0.1, -0.05) is 42.0 Å². The first-order valence-electron chi connectivity index (χ1n) is 12.4. The number of aliphatic hydroxyl groups excluding tert-OH is 1. The molecule has 1 aliphatic heterocycles. The van der Waals surface area contributed by atoms with Crippen molar-refractivity contribution in [1.82, 2.24) is 19.5 Å². The average Bonchev–Trinajstić information content (AvgIpc) is 3.44. The van der Waals surface area contributed by atoms with Crippen molar-refractivity contribution in [1.29, 1.82) is 0 Å².